The third-order valence-electron chi connectivity index (χ3n) is 12.4. The maximum atomic E-state index is 5.26. The van der Waals surface area contributed by atoms with Gasteiger partial charge < -0.3 is 4.57 Å². The average molecular weight is 802 g/mol. The lowest BCUT2D eigenvalue weighted by molar-refractivity contribution is 1.18. The van der Waals surface area contributed by atoms with Gasteiger partial charge in [0.25, 0.3) is 0 Å². The van der Waals surface area contributed by atoms with Crippen LogP contribution in [0.4, 0.5) is 0 Å². The summed E-state index contributed by atoms with van der Waals surface area (Å²) in [4.78, 5) is 10.5. The molecule has 0 radical (unpaired) electrons. The van der Waals surface area contributed by atoms with Crippen LogP contribution in [0.25, 0.3) is 116 Å². The zero-order valence-corrected chi connectivity index (χ0v) is 34.4. The number of nitrogens with zero attached hydrogens (tertiary/aromatic N) is 3. The Morgan fingerprint density at radius 2 is 0.746 bits per heavy atom. The van der Waals surface area contributed by atoms with Crippen LogP contribution in [0.15, 0.2) is 237 Å². The number of rotatable bonds is 7. The van der Waals surface area contributed by atoms with Crippen molar-refractivity contribution in [3.05, 3.63) is 237 Å². The molecular formula is C60H39N3. The molecule has 3 nitrogen and oxygen atoms in total. The van der Waals surface area contributed by atoms with E-state index in [9.17, 15) is 0 Å². The summed E-state index contributed by atoms with van der Waals surface area (Å²) in [5.41, 5.74) is 17.6. The fourth-order valence-corrected chi connectivity index (χ4v) is 9.37. The molecule has 0 saturated heterocycles. The Morgan fingerprint density at radius 1 is 0.270 bits per heavy atom. The van der Waals surface area contributed by atoms with Gasteiger partial charge in [-0.3, -0.25) is 0 Å². The molecule has 3 heterocycles. The average Bonchev–Trinajstić information content (AvgIpc) is 3.71. The Kier molecular flexibility index (Phi) is 8.83. The van der Waals surface area contributed by atoms with Crippen LogP contribution in [0, 0.1) is 0 Å². The molecule has 0 N–H and O–H groups in total. The lowest BCUT2D eigenvalue weighted by Crippen LogP contribution is -1.95. The van der Waals surface area contributed by atoms with Gasteiger partial charge >= 0.3 is 0 Å². The molecule has 12 aromatic rings. The third-order valence-corrected chi connectivity index (χ3v) is 12.4. The van der Waals surface area contributed by atoms with Crippen molar-refractivity contribution in [3.63, 3.8) is 0 Å². The molecule has 0 aliphatic heterocycles. The smallest absolute Gasteiger partial charge is 0.0722 e. The van der Waals surface area contributed by atoms with Crippen LogP contribution in [-0.2, 0) is 0 Å². The highest BCUT2D eigenvalue weighted by Crippen LogP contribution is 2.41. The lowest BCUT2D eigenvalue weighted by Gasteiger charge is -2.15. The molecule has 0 atom stereocenters. The van der Waals surface area contributed by atoms with Crippen molar-refractivity contribution >= 4 is 43.5 Å². The van der Waals surface area contributed by atoms with Gasteiger partial charge in [-0.1, -0.05) is 188 Å². The van der Waals surface area contributed by atoms with E-state index >= 15 is 0 Å². The van der Waals surface area contributed by atoms with Crippen molar-refractivity contribution in [2.75, 3.05) is 0 Å². The first-order chi connectivity index (χ1) is 31.2. The molecule has 294 valence electrons. The van der Waals surface area contributed by atoms with Gasteiger partial charge in [0.05, 0.1) is 33.6 Å². The monoisotopic (exact) mass is 801 g/mol. The zero-order chi connectivity index (χ0) is 41.7. The number of pyridine rings is 2. The molecule has 3 heteroatoms. The Labute approximate surface area is 365 Å². The molecule has 9 aromatic carbocycles. The summed E-state index contributed by atoms with van der Waals surface area (Å²) in [6.07, 6.45) is 0. The molecule has 0 aliphatic carbocycles. The molecule has 0 fully saturated rings. The van der Waals surface area contributed by atoms with E-state index in [0.29, 0.717) is 0 Å². The third kappa shape index (κ3) is 6.46. The highest BCUT2D eigenvalue weighted by atomic mass is 15.0. The highest BCUT2D eigenvalue weighted by Gasteiger charge is 2.17. The number of aromatic nitrogens is 3. The molecule has 0 amide bonds. The SMILES string of the molecule is c1ccc(-c2cc(-c3ccc(-c4cccc5c4ccc4nc(-c6ccccc6)cc(-c6ccccc6)c45)cc3)cc(-c3ccc(-n4c5ccccc5c5ccccc54)cc3)n2)cc1. The van der Waals surface area contributed by atoms with Gasteiger partial charge in [-0.15, -0.1) is 0 Å². The van der Waals surface area contributed by atoms with E-state index in [1.54, 1.807) is 0 Å². The van der Waals surface area contributed by atoms with E-state index < -0.39 is 0 Å². The first kappa shape index (κ1) is 36.5. The Morgan fingerprint density at radius 3 is 1.37 bits per heavy atom. The molecule has 0 aliphatic rings. The minimum Gasteiger partial charge on any atom is -0.309 e. The molecule has 0 spiro atoms. The summed E-state index contributed by atoms with van der Waals surface area (Å²) in [7, 11) is 0. The Bertz CT molecular complexity index is 3580. The van der Waals surface area contributed by atoms with Crippen LogP contribution >= 0.6 is 0 Å². The van der Waals surface area contributed by atoms with Gasteiger partial charge in [0.15, 0.2) is 0 Å². The number of hydrogen-bond donors (Lipinski definition) is 0. The van der Waals surface area contributed by atoms with Crippen molar-refractivity contribution in [2.45, 2.75) is 0 Å². The normalized spacial score (nSPS) is 11.5. The Hall–Kier alpha value is -8.40. The summed E-state index contributed by atoms with van der Waals surface area (Å²) in [6.45, 7) is 0. The summed E-state index contributed by atoms with van der Waals surface area (Å²) in [5.74, 6) is 0. The molecule has 0 saturated carbocycles. The fourth-order valence-electron chi connectivity index (χ4n) is 9.37. The molecular weight excluding hydrogens is 763 g/mol. The fraction of sp³-hybridized carbons (Fsp3) is 0. The molecule has 0 bridgehead atoms. The van der Waals surface area contributed by atoms with Gasteiger partial charge in [0.1, 0.15) is 0 Å². The van der Waals surface area contributed by atoms with Crippen molar-refractivity contribution in [1.29, 1.82) is 0 Å². The molecule has 0 unspecified atom stereocenters. The number of para-hydroxylation sites is 2. The second-order valence-electron chi connectivity index (χ2n) is 16.1. The second kappa shape index (κ2) is 15.3. The van der Waals surface area contributed by atoms with Crippen LogP contribution in [-0.4, -0.2) is 14.5 Å². The van der Waals surface area contributed by atoms with Gasteiger partial charge in [0, 0.05) is 38.5 Å². The predicted octanol–water partition coefficient (Wildman–Crippen LogP) is 15.9. The van der Waals surface area contributed by atoms with E-state index in [1.807, 2.05) is 6.07 Å². The lowest BCUT2D eigenvalue weighted by atomic mass is 9.91. The maximum Gasteiger partial charge on any atom is 0.0722 e. The molecule has 63 heavy (non-hydrogen) atoms. The van der Waals surface area contributed by atoms with Crippen molar-refractivity contribution < 1.29 is 0 Å². The van der Waals surface area contributed by atoms with E-state index in [2.05, 4.69) is 235 Å². The minimum absolute atomic E-state index is 0.934. The van der Waals surface area contributed by atoms with Crippen LogP contribution in [0.2, 0.25) is 0 Å². The zero-order valence-electron chi connectivity index (χ0n) is 34.4. The van der Waals surface area contributed by atoms with Crippen LogP contribution in [0.1, 0.15) is 0 Å². The molecule has 3 aromatic heterocycles. The van der Waals surface area contributed by atoms with E-state index in [4.69, 9.17) is 9.97 Å². The Balaban J connectivity index is 0.939. The summed E-state index contributed by atoms with van der Waals surface area (Å²) in [6, 6.07) is 84.5. The van der Waals surface area contributed by atoms with E-state index in [0.717, 1.165) is 67.1 Å². The first-order valence-corrected chi connectivity index (χ1v) is 21.5. The van der Waals surface area contributed by atoms with E-state index in [1.165, 1.54) is 49.3 Å². The van der Waals surface area contributed by atoms with Crippen molar-refractivity contribution in [3.8, 4) is 72.8 Å². The van der Waals surface area contributed by atoms with Gasteiger partial charge in [-0.25, -0.2) is 9.97 Å². The summed E-state index contributed by atoms with van der Waals surface area (Å²) in [5, 5.41) is 6.07. The number of hydrogen-bond acceptors (Lipinski definition) is 2. The van der Waals surface area contributed by atoms with Gasteiger partial charge in [-0.2, -0.15) is 0 Å². The quantitative estimate of drug-likeness (QED) is 0.150. The second-order valence-corrected chi connectivity index (χ2v) is 16.1. The van der Waals surface area contributed by atoms with E-state index in [-0.39, 0.29) is 0 Å². The number of fused-ring (bicyclic) bond motifs is 6. The maximum absolute atomic E-state index is 5.26. The summed E-state index contributed by atoms with van der Waals surface area (Å²) >= 11 is 0. The van der Waals surface area contributed by atoms with Gasteiger partial charge in [0.2, 0.25) is 0 Å². The minimum atomic E-state index is 0.934. The number of benzene rings is 9. The topological polar surface area (TPSA) is 30.7 Å². The first-order valence-electron chi connectivity index (χ1n) is 21.5. The van der Waals surface area contributed by atoms with Crippen LogP contribution < -0.4 is 0 Å². The summed E-state index contributed by atoms with van der Waals surface area (Å²) < 4.78 is 2.36. The van der Waals surface area contributed by atoms with Crippen LogP contribution in [0.3, 0.4) is 0 Å². The predicted molar refractivity (Wildman–Crippen MR) is 264 cm³/mol. The van der Waals surface area contributed by atoms with Gasteiger partial charge in [-0.05, 0) is 92.7 Å². The standard InChI is InChI=1S/C60H39N3/c1-4-15-41(16-5-1)53-39-57(44-19-8-3-9-20-44)61-54-36-35-49-48(23-14-24-52(49)60(53)54)42-29-27-40(28-30-42)46-37-55(43-17-6-2-7-18-43)62-56(38-46)45-31-33-47(34-32-45)63-58-25-12-10-21-50(58)51-22-11-13-26-59(51)63/h1-39H. The van der Waals surface area contributed by atoms with Crippen LogP contribution in [0.5, 0.6) is 0 Å². The molecule has 12 rings (SSSR count). The highest BCUT2D eigenvalue weighted by molar-refractivity contribution is 6.17. The largest absolute Gasteiger partial charge is 0.309 e. The van der Waals surface area contributed by atoms with Crippen molar-refractivity contribution in [1.82, 2.24) is 14.5 Å². The van der Waals surface area contributed by atoms with Crippen molar-refractivity contribution in [2.24, 2.45) is 0 Å².